The second-order valence-electron chi connectivity index (χ2n) is 11.5. The zero-order valence-electron chi connectivity index (χ0n) is 24.6. The molecule has 5 heteroatoms. The molecule has 1 radical (unpaired) electrons. The number of rotatable bonds is 3. The van der Waals surface area contributed by atoms with Crippen molar-refractivity contribution in [1.82, 2.24) is 14.5 Å². The zero-order valence-corrected chi connectivity index (χ0v) is 26.9. The SMILES string of the molecule is CC(C)c1ccc2nc(-c3[c-]cccc3)n3c2c1C=CC3(C)C.[Ir].[c-]1ccc2c(oc3ccccc32)c1-c1ccccn1. The predicted octanol–water partition coefficient (Wildman–Crippen LogP) is 9.83. The molecular weight excluding hydrogens is 707 g/mol. The van der Waals surface area contributed by atoms with Gasteiger partial charge in [0, 0.05) is 37.3 Å². The first-order valence-corrected chi connectivity index (χ1v) is 14.4. The number of furan rings is 1. The molecule has 0 spiro atoms. The Hall–Kier alpha value is -4.31. The van der Waals surface area contributed by atoms with Crippen molar-refractivity contribution in [3.05, 3.63) is 127 Å². The summed E-state index contributed by atoms with van der Waals surface area (Å²) in [5.74, 6) is 1.49. The van der Waals surface area contributed by atoms with Gasteiger partial charge in [-0.25, -0.2) is 0 Å². The van der Waals surface area contributed by atoms with E-state index in [0.29, 0.717) is 5.92 Å². The van der Waals surface area contributed by atoms with Crippen LogP contribution < -0.4 is 0 Å². The monoisotopic (exact) mass is 738 g/mol. The summed E-state index contributed by atoms with van der Waals surface area (Å²) in [4.78, 5) is 9.32. The van der Waals surface area contributed by atoms with Gasteiger partial charge in [0.15, 0.2) is 0 Å². The summed E-state index contributed by atoms with van der Waals surface area (Å²) >= 11 is 0. The summed E-state index contributed by atoms with van der Waals surface area (Å²) in [5.41, 5.74) is 9.49. The fourth-order valence-corrected chi connectivity index (χ4v) is 5.91. The Morgan fingerprint density at radius 3 is 2.42 bits per heavy atom. The third-order valence-corrected chi connectivity index (χ3v) is 7.96. The summed E-state index contributed by atoms with van der Waals surface area (Å²) in [7, 11) is 0. The molecule has 0 atom stereocenters. The number of hydrogen-bond acceptors (Lipinski definition) is 3. The number of fused-ring (bicyclic) bond motifs is 3. The van der Waals surface area contributed by atoms with E-state index in [2.05, 4.69) is 85.8 Å². The van der Waals surface area contributed by atoms with Crippen molar-refractivity contribution in [3.63, 3.8) is 0 Å². The number of benzene rings is 4. The molecule has 215 valence electrons. The zero-order chi connectivity index (χ0) is 28.8. The largest absolute Gasteiger partial charge is 0.501 e. The van der Waals surface area contributed by atoms with Crippen LogP contribution >= 0.6 is 0 Å². The molecule has 0 unspecified atom stereocenters. The summed E-state index contributed by atoms with van der Waals surface area (Å²) in [6, 6.07) is 36.9. The first-order chi connectivity index (χ1) is 20.4. The van der Waals surface area contributed by atoms with E-state index in [0.717, 1.165) is 50.1 Å². The molecule has 4 aromatic carbocycles. The smallest absolute Gasteiger partial charge is 0.120 e. The Labute approximate surface area is 265 Å². The van der Waals surface area contributed by atoms with E-state index >= 15 is 0 Å². The van der Waals surface area contributed by atoms with E-state index in [4.69, 9.17) is 9.40 Å². The number of allylic oxidation sites excluding steroid dienone is 1. The molecule has 0 fully saturated rings. The van der Waals surface area contributed by atoms with Crippen LogP contribution in [-0.4, -0.2) is 14.5 Å². The molecule has 0 amide bonds. The van der Waals surface area contributed by atoms with Gasteiger partial charge >= 0.3 is 0 Å². The number of pyridine rings is 1. The molecule has 4 nitrogen and oxygen atoms in total. The molecular formula is C38H31IrN3O-2. The van der Waals surface area contributed by atoms with Gasteiger partial charge in [0.1, 0.15) is 5.58 Å². The second-order valence-corrected chi connectivity index (χ2v) is 11.5. The quantitative estimate of drug-likeness (QED) is 0.170. The van der Waals surface area contributed by atoms with Gasteiger partial charge in [-0.3, -0.25) is 4.98 Å². The molecule has 8 rings (SSSR count). The van der Waals surface area contributed by atoms with E-state index < -0.39 is 0 Å². The minimum Gasteiger partial charge on any atom is -0.501 e. The number of para-hydroxylation sites is 1. The van der Waals surface area contributed by atoms with Crippen LogP contribution in [0.1, 0.15) is 44.7 Å². The Morgan fingerprint density at radius 2 is 1.65 bits per heavy atom. The van der Waals surface area contributed by atoms with E-state index in [1.165, 1.54) is 16.6 Å². The van der Waals surface area contributed by atoms with Crippen molar-refractivity contribution in [2.45, 2.75) is 39.2 Å². The topological polar surface area (TPSA) is 43.9 Å². The number of aromatic nitrogens is 3. The van der Waals surface area contributed by atoms with Gasteiger partial charge < -0.3 is 14.0 Å². The standard InChI is InChI=1S/C21H21N2.C17H10NO.Ir/c1-14(2)16-10-11-18-19-17(16)12-13-21(3,4)23(19)20(22-18)15-8-6-5-7-9-15;1-2-10-16-12(6-1)13-7-5-8-14(17(13)19-16)15-9-3-4-11-18-15;/h5-8,10-14H,1-4H3;1-7,9-11H;/q2*-1;. The molecule has 0 saturated heterocycles. The van der Waals surface area contributed by atoms with Crippen molar-refractivity contribution in [3.8, 4) is 22.6 Å². The Balaban J connectivity index is 0.000000152. The van der Waals surface area contributed by atoms with Gasteiger partial charge in [0.2, 0.25) is 0 Å². The summed E-state index contributed by atoms with van der Waals surface area (Å²) in [6.07, 6.45) is 6.34. The third-order valence-electron chi connectivity index (χ3n) is 7.96. The molecule has 3 aromatic heterocycles. The summed E-state index contributed by atoms with van der Waals surface area (Å²) in [5, 5.41) is 2.23. The van der Waals surface area contributed by atoms with E-state index in [9.17, 15) is 0 Å². The molecule has 0 bridgehead atoms. The van der Waals surface area contributed by atoms with Crippen LogP contribution in [0.5, 0.6) is 0 Å². The molecule has 1 aliphatic rings. The Bertz CT molecular complexity index is 2090. The summed E-state index contributed by atoms with van der Waals surface area (Å²) < 4.78 is 8.34. The van der Waals surface area contributed by atoms with Gasteiger partial charge in [-0.15, -0.1) is 54.1 Å². The number of imidazole rings is 1. The molecule has 43 heavy (non-hydrogen) atoms. The average molecular weight is 738 g/mol. The average Bonchev–Trinajstić information content (AvgIpc) is 3.61. The second kappa shape index (κ2) is 11.4. The minimum atomic E-state index is -0.101. The normalized spacial score (nSPS) is 13.2. The Morgan fingerprint density at radius 1 is 0.837 bits per heavy atom. The fourth-order valence-electron chi connectivity index (χ4n) is 5.91. The van der Waals surface area contributed by atoms with Crippen LogP contribution in [0.2, 0.25) is 0 Å². The van der Waals surface area contributed by atoms with Crippen LogP contribution in [0.3, 0.4) is 0 Å². The maximum absolute atomic E-state index is 5.97. The van der Waals surface area contributed by atoms with Gasteiger partial charge in [0.05, 0.1) is 28.0 Å². The van der Waals surface area contributed by atoms with Gasteiger partial charge in [-0.1, -0.05) is 73.3 Å². The van der Waals surface area contributed by atoms with Crippen LogP contribution in [0.25, 0.3) is 61.7 Å². The third kappa shape index (κ3) is 5.03. The molecule has 0 saturated carbocycles. The fraction of sp³-hybridized carbons (Fsp3) is 0.158. The molecule has 4 heterocycles. The van der Waals surface area contributed by atoms with Crippen molar-refractivity contribution in [1.29, 1.82) is 0 Å². The van der Waals surface area contributed by atoms with Crippen molar-refractivity contribution >= 4 is 39.0 Å². The van der Waals surface area contributed by atoms with Crippen molar-refractivity contribution in [2.75, 3.05) is 0 Å². The van der Waals surface area contributed by atoms with Gasteiger partial charge in [-0.05, 0) is 49.2 Å². The maximum atomic E-state index is 5.97. The molecule has 1 aliphatic heterocycles. The van der Waals surface area contributed by atoms with Gasteiger partial charge in [0.25, 0.3) is 0 Å². The number of hydrogen-bond donors (Lipinski definition) is 0. The first-order valence-electron chi connectivity index (χ1n) is 14.4. The van der Waals surface area contributed by atoms with E-state index in [1.54, 1.807) is 6.20 Å². The van der Waals surface area contributed by atoms with E-state index in [1.807, 2.05) is 66.7 Å². The maximum Gasteiger partial charge on any atom is 0.120 e. The molecule has 7 aromatic rings. The van der Waals surface area contributed by atoms with E-state index in [-0.39, 0.29) is 25.6 Å². The Kier molecular flexibility index (Phi) is 7.64. The van der Waals surface area contributed by atoms with Crippen LogP contribution in [-0.2, 0) is 25.6 Å². The van der Waals surface area contributed by atoms with Crippen molar-refractivity contribution in [2.24, 2.45) is 0 Å². The van der Waals surface area contributed by atoms with Crippen LogP contribution in [0.4, 0.5) is 0 Å². The molecule has 0 N–H and O–H groups in total. The molecule has 0 aliphatic carbocycles. The van der Waals surface area contributed by atoms with Crippen molar-refractivity contribution < 1.29 is 24.5 Å². The predicted molar refractivity (Wildman–Crippen MR) is 172 cm³/mol. The first kappa shape index (κ1) is 28.8. The minimum absolute atomic E-state index is 0. The van der Waals surface area contributed by atoms with Crippen LogP contribution in [0, 0.1) is 12.1 Å². The van der Waals surface area contributed by atoms with Crippen LogP contribution in [0.15, 0.2) is 108 Å². The summed E-state index contributed by atoms with van der Waals surface area (Å²) in [6.45, 7) is 8.97. The van der Waals surface area contributed by atoms with Gasteiger partial charge in [-0.2, -0.15) is 0 Å². The number of nitrogens with zero attached hydrogens (tertiary/aromatic N) is 3.